The third kappa shape index (κ3) is 8.85. The predicted octanol–water partition coefficient (Wildman–Crippen LogP) is -0.245. The summed E-state index contributed by atoms with van der Waals surface area (Å²) in [7, 11) is -3.40. The molecule has 0 atom stereocenters. The van der Waals surface area contributed by atoms with E-state index in [1.54, 1.807) is 0 Å². The highest BCUT2D eigenvalue weighted by Gasteiger charge is 2.26. The summed E-state index contributed by atoms with van der Waals surface area (Å²) in [5, 5.41) is 17.0. The van der Waals surface area contributed by atoms with E-state index in [0.29, 0.717) is 0 Å². The van der Waals surface area contributed by atoms with Crippen LogP contribution in [0.25, 0.3) is 0 Å². The minimum Gasteiger partial charge on any atom is -0.481 e. The van der Waals surface area contributed by atoms with E-state index in [2.05, 4.69) is 15.9 Å². The summed E-state index contributed by atoms with van der Waals surface area (Å²) in [6.07, 6.45) is -0.178. The van der Waals surface area contributed by atoms with Crippen LogP contribution >= 0.6 is 15.9 Å². The van der Waals surface area contributed by atoms with Crippen molar-refractivity contribution in [2.75, 3.05) is 16.8 Å². The fraction of sp³-hybridized carbons (Fsp3) is 0.636. The maximum Gasteiger partial charge on any atom is 0.304 e. The molecule has 0 saturated carbocycles. The van der Waals surface area contributed by atoms with Crippen molar-refractivity contribution < 1.29 is 37.9 Å². The van der Waals surface area contributed by atoms with Gasteiger partial charge in [-0.25, -0.2) is 8.42 Å². The number of carboxylic acids is 1. The summed E-state index contributed by atoms with van der Waals surface area (Å²) in [6, 6.07) is 0. The molecule has 1 fully saturated rings. The number of sulfone groups is 1. The number of Topliss-reactive ketones (excluding diaryl/α,β-unsaturated/α-hetero) is 1. The van der Waals surface area contributed by atoms with Crippen molar-refractivity contribution in [1.82, 2.24) is 5.06 Å². The van der Waals surface area contributed by atoms with E-state index in [0.717, 1.165) is 0 Å². The first-order valence-electron chi connectivity index (χ1n) is 6.13. The summed E-state index contributed by atoms with van der Waals surface area (Å²) in [5.41, 5.74) is 0. The fourth-order valence-corrected chi connectivity index (χ4v) is 2.75. The van der Waals surface area contributed by atoms with Crippen molar-refractivity contribution in [2.45, 2.75) is 25.7 Å². The van der Waals surface area contributed by atoms with E-state index in [-0.39, 0.29) is 41.2 Å². The number of carbonyl (C=O) groups is 4. The Kier molecular flexibility index (Phi) is 9.06. The summed E-state index contributed by atoms with van der Waals surface area (Å²) < 4.78 is 22.2. The van der Waals surface area contributed by atoms with E-state index < -0.39 is 39.8 Å². The van der Waals surface area contributed by atoms with E-state index in [4.69, 9.17) is 10.3 Å². The Balaban J connectivity index is 0.000000461. The van der Waals surface area contributed by atoms with Crippen molar-refractivity contribution in [3.8, 4) is 0 Å². The van der Waals surface area contributed by atoms with Crippen molar-refractivity contribution >= 4 is 49.3 Å². The molecule has 2 N–H and O–H groups in total. The van der Waals surface area contributed by atoms with Crippen molar-refractivity contribution in [3.63, 3.8) is 0 Å². The van der Waals surface area contributed by atoms with Crippen LogP contribution in [0.15, 0.2) is 0 Å². The highest BCUT2D eigenvalue weighted by Crippen LogP contribution is 2.07. The van der Waals surface area contributed by atoms with Crippen LogP contribution in [0, 0.1) is 0 Å². The molecule has 22 heavy (non-hydrogen) atoms. The average molecular weight is 402 g/mol. The van der Waals surface area contributed by atoms with Gasteiger partial charge in [-0.3, -0.25) is 24.4 Å². The normalized spacial score (nSPS) is 14.5. The molecule has 0 spiro atoms. The van der Waals surface area contributed by atoms with Crippen LogP contribution in [0.3, 0.4) is 0 Å². The molecule has 1 aliphatic heterocycles. The number of carbonyl (C=O) groups excluding carboxylic acids is 3. The molecular weight excluding hydrogens is 386 g/mol. The molecular formula is C11H16BrNO8S. The first-order valence-corrected chi connectivity index (χ1v) is 9.08. The summed E-state index contributed by atoms with van der Waals surface area (Å²) in [4.78, 5) is 41.3. The number of rotatable bonds is 7. The molecule has 2 amide bonds. The molecule has 0 bridgehead atoms. The second-order valence-electron chi connectivity index (χ2n) is 4.32. The Morgan fingerprint density at radius 3 is 1.86 bits per heavy atom. The number of alkyl halides is 1. The molecule has 11 heteroatoms. The Labute approximate surface area is 135 Å². The second kappa shape index (κ2) is 9.64. The fourth-order valence-electron chi connectivity index (χ4n) is 1.25. The topological polar surface area (TPSA) is 146 Å². The molecule has 1 saturated heterocycles. The summed E-state index contributed by atoms with van der Waals surface area (Å²) >= 11 is 2.91. The number of hydroxylamine groups is 2. The van der Waals surface area contributed by atoms with E-state index >= 15 is 0 Å². The molecule has 0 unspecified atom stereocenters. The zero-order valence-electron chi connectivity index (χ0n) is 11.5. The third-order valence-corrected chi connectivity index (χ3v) is 4.77. The third-order valence-electron chi connectivity index (χ3n) is 2.49. The van der Waals surface area contributed by atoms with Gasteiger partial charge in [-0.2, -0.15) is 5.06 Å². The quantitative estimate of drug-likeness (QED) is 0.337. The average Bonchev–Trinajstić information content (AvgIpc) is 2.75. The van der Waals surface area contributed by atoms with Crippen LogP contribution in [0.4, 0.5) is 0 Å². The molecule has 0 radical (unpaired) electrons. The van der Waals surface area contributed by atoms with Gasteiger partial charge in [0.1, 0.15) is 5.78 Å². The number of hydrogen-bond acceptors (Lipinski definition) is 7. The summed E-state index contributed by atoms with van der Waals surface area (Å²) in [5.74, 6) is -3.04. The van der Waals surface area contributed by atoms with Gasteiger partial charge in [0.05, 0.1) is 23.3 Å². The van der Waals surface area contributed by atoms with Gasteiger partial charge in [-0.05, 0) is 0 Å². The number of hydrogen-bond donors (Lipinski definition) is 2. The first kappa shape index (κ1) is 20.7. The van der Waals surface area contributed by atoms with Crippen LogP contribution in [0.2, 0.25) is 0 Å². The molecule has 9 nitrogen and oxygen atoms in total. The number of imide groups is 1. The van der Waals surface area contributed by atoms with Gasteiger partial charge in [-0.15, -0.1) is 0 Å². The highest BCUT2D eigenvalue weighted by molar-refractivity contribution is 9.09. The van der Waals surface area contributed by atoms with Gasteiger partial charge in [0.15, 0.2) is 9.84 Å². The van der Waals surface area contributed by atoms with Crippen LogP contribution < -0.4 is 0 Å². The Morgan fingerprint density at radius 1 is 1.09 bits per heavy atom. The van der Waals surface area contributed by atoms with Crippen LogP contribution in [-0.4, -0.2) is 64.2 Å². The molecule has 1 heterocycles. The van der Waals surface area contributed by atoms with Crippen LogP contribution in [0.5, 0.6) is 0 Å². The first-order chi connectivity index (χ1) is 10.1. The molecule has 0 aliphatic carbocycles. The second-order valence-corrected chi connectivity index (χ2v) is 7.18. The lowest BCUT2D eigenvalue weighted by atomic mass is 10.4. The van der Waals surface area contributed by atoms with Crippen molar-refractivity contribution in [3.05, 3.63) is 0 Å². The molecule has 1 rings (SSSR count). The monoisotopic (exact) mass is 401 g/mol. The minimum atomic E-state index is -3.40. The maximum atomic E-state index is 11.1. The SMILES string of the molecule is O=C(O)CCS(=O)(=O)CCC(=O)CBr.O=C1CCC(=O)N1O. The van der Waals surface area contributed by atoms with Gasteiger partial charge < -0.3 is 5.11 Å². The number of amides is 2. The van der Waals surface area contributed by atoms with Gasteiger partial charge in [0.2, 0.25) is 0 Å². The van der Waals surface area contributed by atoms with Gasteiger partial charge in [-0.1, -0.05) is 15.9 Å². The summed E-state index contributed by atoms with van der Waals surface area (Å²) in [6.45, 7) is 0. The number of nitrogens with zero attached hydrogens (tertiary/aromatic N) is 1. The van der Waals surface area contributed by atoms with Gasteiger partial charge in [0, 0.05) is 19.3 Å². The smallest absolute Gasteiger partial charge is 0.304 e. The predicted molar refractivity (Wildman–Crippen MR) is 77.2 cm³/mol. The Morgan fingerprint density at radius 2 is 1.55 bits per heavy atom. The zero-order chi connectivity index (χ0) is 17.3. The lowest BCUT2D eigenvalue weighted by Gasteiger charge is -2.00. The van der Waals surface area contributed by atoms with Crippen molar-refractivity contribution in [1.29, 1.82) is 0 Å². The number of carboxylic acid groups (broad SMARTS) is 1. The number of aliphatic carboxylic acids is 1. The molecule has 0 aromatic rings. The Hall–Kier alpha value is -1.33. The maximum absolute atomic E-state index is 11.1. The zero-order valence-corrected chi connectivity index (χ0v) is 13.9. The lowest BCUT2D eigenvalue weighted by Crippen LogP contribution is -2.24. The number of ketones is 1. The minimum absolute atomic E-state index is 0.0623. The largest absolute Gasteiger partial charge is 0.481 e. The van der Waals surface area contributed by atoms with Gasteiger partial charge in [0.25, 0.3) is 11.8 Å². The molecule has 1 aliphatic rings. The van der Waals surface area contributed by atoms with Crippen LogP contribution in [0.1, 0.15) is 25.7 Å². The van der Waals surface area contributed by atoms with E-state index in [1.165, 1.54) is 0 Å². The van der Waals surface area contributed by atoms with E-state index in [1.807, 2.05) is 0 Å². The lowest BCUT2D eigenvalue weighted by molar-refractivity contribution is -0.171. The molecule has 0 aromatic heterocycles. The number of halogens is 1. The van der Waals surface area contributed by atoms with Crippen molar-refractivity contribution in [2.24, 2.45) is 0 Å². The van der Waals surface area contributed by atoms with E-state index in [9.17, 15) is 27.6 Å². The standard InChI is InChI=1S/C7H11BrO5S.C4H5NO3/c8-5-6(9)1-3-14(12,13)4-2-7(10)11;6-3-1-2-4(7)5(3)8/h1-5H2,(H,10,11);8H,1-2H2. The molecule has 0 aromatic carbocycles. The van der Waals surface area contributed by atoms with Gasteiger partial charge >= 0.3 is 5.97 Å². The Bertz CT molecular complexity index is 528. The molecule has 126 valence electrons. The van der Waals surface area contributed by atoms with Crippen LogP contribution in [-0.2, 0) is 29.0 Å². The highest BCUT2D eigenvalue weighted by atomic mass is 79.9.